The monoisotopic (exact) mass is 335 g/mol. The summed E-state index contributed by atoms with van der Waals surface area (Å²) in [7, 11) is -1.92. The maximum Gasteiger partial charge on any atom is 0.240 e. The molecular weight excluding hydrogens is 318 g/mol. The summed E-state index contributed by atoms with van der Waals surface area (Å²) in [4.78, 5) is 0.263. The highest BCUT2D eigenvalue weighted by atomic mass is 79.9. The van der Waals surface area contributed by atoms with Crippen LogP contribution in [-0.4, -0.2) is 27.7 Å². The lowest BCUT2D eigenvalue weighted by molar-refractivity contribution is 0.0276. The molecule has 0 unspecified atom stereocenters. The average molecular weight is 336 g/mol. The maximum atomic E-state index is 12.0. The largest absolute Gasteiger partial charge is 0.377 e. The van der Waals surface area contributed by atoms with Gasteiger partial charge in [-0.05, 0) is 31.5 Å². The zero-order valence-electron chi connectivity index (χ0n) is 10.7. The lowest BCUT2D eigenvalue weighted by Gasteiger charge is -2.23. The van der Waals surface area contributed by atoms with Crippen LogP contribution in [0.4, 0.5) is 0 Å². The second-order valence-electron chi connectivity index (χ2n) is 4.57. The Labute approximate surface area is 117 Å². The summed E-state index contributed by atoms with van der Waals surface area (Å²) in [6.45, 7) is 3.87. The van der Waals surface area contributed by atoms with E-state index in [2.05, 4.69) is 20.7 Å². The van der Waals surface area contributed by atoms with Crippen molar-refractivity contribution in [2.45, 2.75) is 29.7 Å². The van der Waals surface area contributed by atoms with Crippen LogP contribution in [0.1, 0.15) is 19.4 Å². The zero-order valence-corrected chi connectivity index (χ0v) is 13.1. The molecule has 0 heterocycles. The molecule has 0 amide bonds. The third-order valence-electron chi connectivity index (χ3n) is 2.63. The van der Waals surface area contributed by atoms with Gasteiger partial charge in [0, 0.05) is 19.0 Å². The molecule has 0 fully saturated rings. The van der Waals surface area contributed by atoms with Crippen LogP contribution >= 0.6 is 15.9 Å². The van der Waals surface area contributed by atoms with E-state index in [0.29, 0.717) is 5.33 Å². The highest BCUT2D eigenvalue weighted by Gasteiger charge is 2.21. The minimum atomic E-state index is -3.47. The molecule has 0 saturated carbocycles. The minimum absolute atomic E-state index is 0.228. The Morgan fingerprint density at radius 3 is 2.28 bits per heavy atom. The van der Waals surface area contributed by atoms with E-state index in [1.165, 1.54) is 0 Å². The van der Waals surface area contributed by atoms with Gasteiger partial charge in [-0.1, -0.05) is 28.1 Å². The Morgan fingerprint density at radius 1 is 1.28 bits per heavy atom. The smallest absolute Gasteiger partial charge is 0.240 e. The highest BCUT2D eigenvalue weighted by Crippen LogP contribution is 2.14. The number of halogens is 1. The van der Waals surface area contributed by atoms with Crippen LogP contribution in [-0.2, 0) is 20.1 Å². The first-order valence-electron chi connectivity index (χ1n) is 5.50. The number of ether oxygens (including phenoxy) is 1. The Morgan fingerprint density at radius 2 is 1.83 bits per heavy atom. The predicted octanol–water partition coefficient (Wildman–Crippen LogP) is 2.28. The molecular formula is C12H18BrNO3S. The average Bonchev–Trinajstić information content (AvgIpc) is 2.37. The molecule has 1 aromatic carbocycles. The second kappa shape index (κ2) is 6.14. The number of sulfonamides is 1. The van der Waals surface area contributed by atoms with Crippen LogP contribution in [0.25, 0.3) is 0 Å². The van der Waals surface area contributed by atoms with Crippen LogP contribution in [0.3, 0.4) is 0 Å². The number of hydrogen-bond donors (Lipinski definition) is 1. The van der Waals surface area contributed by atoms with Gasteiger partial charge in [0.1, 0.15) is 0 Å². The van der Waals surface area contributed by atoms with E-state index in [1.807, 2.05) is 13.8 Å². The van der Waals surface area contributed by atoms with Crippen molar-refractivity contribution in [2.24, 2.45) is 0 Å². The number of hydrogen-bond acceptors (Lipinski definition) is 3. The predicted molar refractivity (Wildman–Crippen MR) is 75.3 cm³/mol. The highest BCUT2D eigenvalue weighted by molar-refractivity contribution is 9.08. The molecule has 0 aromatic heterocycles. The van der Waals surface area contributed by atoms with E-state index in [1.54, 1.807) is 31.4 Å². The van der Waals surface area contributed by atoms with Crippen molar-refractivity contribution in [3.63, 3.8) is 0 Å². The molecule has 0 aliphatic heterocycles. The molecule has 0 bridgehead atoms. The van der Waals surface area contributed by atoms with Gasteiger partial charge in [-0.3, -0.25) is 0 Å². The van der Waals surface area contributed by atoms with E-state index in [0.717, 1.165) is 5.56 Å². The summed E-state index contributed by atoms with van der Waals surface area (Å²) in [5.74, 6) is 0. The molecule has 102 valence electrons. The molecule has 1 rings (SSSR count). The fraction of sp³-hybridized carbons (Fsp3) is 0.500. The SMILES string of the molecule is COC(C)(C)CNS(=O)(=O)c1ccc(CBr)cc1. The summed E-state index contributed by atoms with van der Waals surface area (Å²) in [6.07, 6.45) is 0. The molecule has 18 heavy (non-hydrogen) atoms. The van der Waals surface area contributed by atoms with Gasteiger partial charge in [0.2, 0.25) is 10.0 Å². The quantitative estimate of drug-likeness (QED) is 0.811. The topological polar surface area (TPSA) is 55.4 Å². The van der Waals surface area contributed by atoms with Crippen LogP contribution < -0.4 is 4.72 Å². The molecule has 0 spiro atoms. The zero-order chi connectivity index (χ0) is 13.8. The first kappa shape index (κ1) is 15.6. The van der Waals surface area contributed by atoms with E-state index >= 15 is 0 Å². The van der Waals surface area contributed by atoms with Gasteiger partial charge < -0.3 is 4.74 Å². The third-order valence-corrected chi connectivity index (χ3v) is 4.69. The Balaban J connectivity index is 2.80. The van der Waals surface area contributed by atoms with Crippen molar-refractivity contribution in [3.8, 4) is 0 Å². The summed E-state index contributed by atoms with van der Waals surface area (Å²) in [5, 5.41) is 0.706. The summed E-state index contributed by atoms with van der Waals surface area (Å²) in [6, 6.07) is 6.76. The van der Waals surface area contributed by atoms with E-state index in [4.69, 9.17) is 4.74 Å². The number of rotatable bonds is 6. The first-order chi connectivity index (χ1) is 8.30. The molecule has 0 atom stereocenters. The van der Waals surface area contributed by atoms with Crippen molar-refractivity contribution in [1.29, 1.82) is 0 Å². The lowest BCUT2D eigenvalue weighted by Crippen LogP contribution is -2.39. The second-order valence-corrected chi connectivity index (χ2v) is 6.89. The normalized spacial score (nSPS) is 12.7. The van der Waals surface area contributed by atoms with Crippen LogP contribution in [0.2, 0.25) is 0 Å². The van der Waals surface area contributed by atoms with Crippen molar-refractivity contribution in [1.82, 2.24) is 4.72 Å². The van der Waals surface area contributed by atoms with E-state index in [-0.39, 0.29) is 11.4 Å². The Bertz CT molecular complexity index is 483. The van der Waals surface area contributed by atoms with Crippen molar-refractivity contribution in [2.75, 3.05) is 13.7 Å². The summed E-state index contributed by atoms with van der Waals surface area (Å²) < 4.78 is 31.7. The van der Waals surface area contributed by atoms with Gasteiger partial charge in [-0.25, -0.2) is 13.1 Å². The fourth-order valence-electron chi connectivity index (χ4n) is 1.18. The van der Waals surface area contributed by atoms with Gasteiger partial charge in [-0.2, -0.15) is 0 Å². The van der Waals surface area contributed by atoms with Gasteiger partial charge in [0.25, 0.3) is 0 Å². The Kier molecular flexibility index (Phi) is 5.33. The standard InChI is InChI=1S/C12H18BrNO3S/c1-12(2,17-3)9-14-18(15,16)11-6-4-10(8-13)5-7-11/h4-7,14H,8-9H2,1-3H3. The first-order valence-corrected chi connectivity index (χ1v) is 8.11. The summed E-state index contributed by atoms with van der Waals surface area (Å²) in [5.41, 5.74) is 0.509. The van der Waals surface area contributed by atoms with Crippen LogP contribution in [0, 0.1) is 0 Å². The third kappa shape index (κ3) is 4.35. The Hall–Kier alpha value is -0.430. The number of methoxy groups -OCH3 is 1. The van der Waals surface area contributed by atoms with Crippen molar-refractivity contribution < 1.29 is 13.2 Å². The van der Waals surface area contributed by atoms with Gasteiger partial charge in [-0.15, -0.1) is 0 Å². The van der Waals surface area contributed by atoms with Crippen LogP contribution in [0.15, 0.2) is 29.2 Å². The number of benzene rings is 1. The molecule has 0 aliphatic rings. The molecule has 0 saturated heterocycles. The van der Waals surface area contributed by atoms with Crippen LogP contribution in [0.5, 0.6) is 0 Å². The number of nitrogens with one attached hydrogen (secondary N) is 1. The van der Waals surface area contributed by atoms with Gasteiger partial charge in [0.15, 0.2) is 0 Å². The molecule has 1 aromatic rings. The molecule has 0 radical (unpaired) electrons. The molecule has 1 N–H and O–H groups in total. The number of alkyl halides is 1. The van der Waals surface area contributed by atoms with Gasteiger partial charge in [0.05, 0.1) is 10.5 Å². The van der Waals surface area contributed by atoms with Crippen molar-refractivity contribution in [3.05, 3.63) is 29.8 Å². The van der Waals surface area contributed by atoms with Crippen molar-refractivity contribution >= 4 is 26.0 Å². The molecule has 4 nitrogen and oxygen atoms in total. The maximum absolute atomic E-state index is 12.0. The summed E-state index contributed by atoms with van der Waals surface area (Å²) >= 11 is 3.32. The van der Waals surface area contributed by atoms with E-state index in [9.17, 15) is 8.42 Å². The lowest BCUT2D eigenvalue weighted by atomic mass is 10.1. The van der Waals surface area contributed by atoms with Gasteiger partial charge >= 0.3 is 0 Å². The van der Waals surface area contributed by atoms with E-state index < -0.39 is 15.6 Å². The molecule has 6 heteroatoms. The fourth-order valence-corrected chi connectivity index (χ4v) is 2.75. The molecule has 0 aliphatic carbocycles. The minimum Gasteiger partial charge on any atom is -0.377 e.